The first-order valence-electron chi connectivity index (χ1n) is 5.96. The molecule has 0 radical (unpaired) electrons. The molecule has 1 unspecified atom stereocenters. The molecular weight excluding hydrogens is 262 g/mol. The third-order valence-corrected chi connectivity index (χ3v) is 3.19. The number of hydrogen-bond acceptors (Lipinski definition) is 3. The largest absolute Gasteiger partial charge is 0.496 e. The Morgan fingerprint density at radius 3 is 2.74 bits per heavy atom. The fraction of sp³-hybridized carbons (Fsp3) is 0.200. The molecule has 1 atom stereocenters. The van der Waals surface area contributed by atoms with Gasteiger partial charge in [0.15, 0.2) is 0 Å². The Labute approximate surface area is 117 Å². The van der Waals surface area contributed by atoms with Gasteiger partial charge >= 0.3 is 0 Å². The lowest BCUT2D eigenvalue weighted by molar-refractivity contribution is 0.177. The van der Waals surface area contributed by atoms with Gasteiger partial charge in [-0.15, -0.1) is 0 Å². The van der Waals surface area contributed by atoms with Gasteiger partial charge in [-0.05, 0) is 41.5 Å². The van der Waals surface area contributed by atoms with Crippen LogP contribution in [0.15, 0.2) is 42.5 Å². The zero-order chi connectivity index (χ0) is 13.8. The summed E-state index contributed by atoms with van der Waals surface area (Å²) in [5.74, 6) is 0.715. The average Bonchev–Trinajstić information content (AvgIpc) is 2.39. The predicted octanol–water partition coefficient (Wildman–Crippen LogP) is 3.21. The molecule has 0 fully saturated rings. The summed E-state index contributed by atoms with van der Waals surface area (Å²) in [5, 5.41) is 10.9. The lowest BCUT2D eigenvalue weighted by atomic mass is 10.0. The molecule has 0 amide bonds. The molecule has 2 aromatic carbocycles. The van der Waals surface area contributed by atoms with Gasteiger partial charge in [-0.2, -0.15) is 0 Å². The van der Waals surface area contributed by atoms with Gasteiger partial charge in [0.1, 0.15) is 5.75 Å². The SMILES string of the molecule is COc1ccc(Cl)cc1CC(O)c1cccc(N)c1. The Bertz CT molecular complexity index is 572. The molecule has 2 rings (SSSR count). The molecule has 19 heavy (non-hydrogen) atoms. The zero-order valence-electron chi connectivity index (χ0n) is 10.6. The highest BCUT2D eigenvalue weighted by Gasteiger charge is 2.12. The first kappa shape index (κ1) is 13.7. The molecule has 3 nitrogen and oxygen atoms in total. The van der Waals surface area contributed by atoms with E-state index in [2.05, 4.69) is 0 Å². The number of hydrogen-bond donors (Lipinski definition) is 2. The van der Waals surface area contributed by atoms with E-state index < -0.39 is 6.10 Å². The summed E-state index contributed by atoms with van der Waals surface area (Å²) < 4.78 is 5.27. The molecule has 0 aliphatic carbocycles. The van der Waals surface area contributed by atoms with Gasteiger partial charge in [0.25, 0.3) is 0 Å². The van der Waals surface area contributed by atoms with Gasteiger partial charge in [-0.1, -0.05) is 23.7 Å². The van der Waals surface area contributed by atoms with E-state index in [1.807, 2.05) is 12.1 Å². The number of benzene rings is 2. The van der Waals surface area contributed by atoms with Crippen molar-refractivity contribution in [2.75, 3.05) is 12.8 Å². The van der Waals surface area contributed by atoms with Crippen molar-refractivity contribution in [2.24, 2.45) is 0 Å². The van der Waals surface area contributed by atoms with Crippen molar-refractivity contribution in [1.29, 1.82) is 0 Å². The maximum absolute atomic E-state index is 10.3. The first-order valence-corrected chi connectivity index (χ1v) is 6.34. The van der Waals surface area contributed by atoms with Crippen LogP contribution in [0.4, 0.5) is 5.69 Å². The van der Waals surface area contributed by atoms with E-state index >= 15 is 0 Å². The second kappa shape index (κ2) is 5.95. The van der Waals surface area contributed by atoms with Gasteiger partial charge in [-0.3, -0.25) is 0 Å². The minimum Gasteiger partial charge on any atom is -0.496 e. The summed E-state index contributed by atoms with van der Waals surface area (Å²) in [6, 6.07) is 12.6. The number of rotatable bonds is 4. The lowest BCUT2D eigenvalue weighted by Gasteiger charge is -2.14. The Kier molecular flexibility index (Phi) is 4.30. The third kappa shape index (κ3) is 3.40. The minimum absolute atomic E-state index is 0.424. The molecule has 0 saturated carbocycles. The zero-order valence-corrected chi connectivity index (χ0v) is 11.4. The summed E-state index contributed by atoms with van der Waals surface area (Å²) >= 11 is 5.97. The second-order valence-electron chi connectivity index (χ2n) is 4.35. The Balaban J connectivity index is 2.23. The molecule has 0 aliphatic heterocycles. The van der Waals surface area contributed by atoms with Crippen molar-refractivity contribution < 1.29 is 9.84 Å². The van der Waals surface area contributed by atoms with Crippen LogP contribution in [0.3, 0.4) is 0 Å². The summed E-state index contributed by atoms with van der Waals surface area (Å²) in [6.07, 6.45) is -0.219. The van der Waals surface area contributed by atoms with Gasteiger partial charge in [0, 0.05) is 17.1 Å². The standard InChI is InChI=1S/C15H16ClNO2/c1-19-15-6-5-12(16)7-11(15)9-14(18)10-3-2-4-13(17)8-10/h2-8,14,18H,9,17H2,1H3. The average molecular weight is 278 g/mol. The Morgan fingerprint density at radius 2 is 2.05 bits per heavy atom. The summed E-state index contributed by atoms with van der Waals surface area (Å²) in [6.45, 7) is 0. The van der Waals surface area contributed by atoms with Crippen LogP contribution < -0.4 is 10.5 Å². The van der Waals surface area contributed by atoms with Gasteiger partial charge in [0.2, 0.25) is 0 Å². The summed E-state index contributed by atoms with van der Waals surface area (Å²) in [7, 11) is 1.60. The number of ether oxygens (including phenoxy) is 1. The highest BCUT2D eigenvalue weighted by atomic mass is 35.5. The molecule has 2 aromatic rings. The fourth-order valence-electron chi connectivity index (χ4n) is 2.00. The highest BCUT2D eigenvalue weighted by molar-refractivity contribution is 6.30. The summed E-state index contributed by atoms with van der Waals surface area (Å²) in [5.41, 5.74) is 7.99. The quantitative estimate of drug-likeness (QED) is 0.844. The van der Waals surface area contributed by atoms with Crippen molar-refractivity contribution in [3.63, 3.8) is 0 Å². The van der Waals surface area contributed by atoms with E-state index in [0.29, 0.717) is 22.9 Å². The predicted molar refractivity (Wildman–Crippen MR) is 77.5 cm³/mol. The molecule has 4 heteroatoms. The van der Waals surface area contributed by atoms with Crippen LogP contribution in [0.1, 0.15) is 17.2 Å². The van der Waals surface area contributed by atoms with E-state index in [0.717, 1.165) is 11.1 Å². The first-order chi connectivity index (χ1) is 9.10. The number of nitrogens with two attached hydrogens (primary N) is 1. The third-order valence-electron chi connectivity index (χ3n) is 2.95. The van der Waals surface area contributed by atoms with E-state index in [9.17, 15) is 5.11 Å². The summed E-state index contributed by atoms with van der Waals surface area (Å²) in [4.78, 5) is 0. The van der Waals surface area contributed by atoms with Crippen LogP contribution in [-0.4, -0.2) is 12.2 Å². The van der Waals surface area contributed by atoms with E-state index in [4.69, 9.17) is 22.1 Å². The molecule has 0 aliphatic rings. The van der Waals surface area contributed by atoms with E-state index in [1.165, 1.54) is 0 Å². The topological polar surface area (TPSA) is 55.5 Å². The number of aliphatic hydroxyl groups is 1. The monoisotopic (exact) mass is 277 g/mol. The Hall–Kier alpha value is -1.71. The van der Waals surface area contributed by atoms with Gasteiger partial charge in [-0.25, -0.2) is 0 Å². The van der Waals surface area contributed by atoms with Crippen molar-refractivity contribution in [3.05, 3.63) is 58.6 Å². The van der Waals surface area contributed by atoms with Crippen molar-refractivity contribution in [1.82, 2.24) is 0 Å². The molecule has 0 spiro atoms. The smallest absolute Gasteiger partial charge is 0.122 e. The van der Waals surface area contributed by atoms with Crippen LogP contribution in [0.25, 0.3) is 0 Å². The molecule has 0 bridgehead atoms. The molecule has 0 aromatic heterocycles. The highest BCUT2D eigenvalue weighted by Crippen LogP contribution is 2.28. The van der Waals surface area contributed by atoms with Crippen LogP contribution >= 0.6 is 11.6 Å². The number of aliphatic hydroxyl groups excluding tert-OH is 1. The van der Waals surface area contributed by atoms with Gasteiger partial charge < -0.3 is 15.6 Å². The molecular formula is C15H16ClNO2. The fourth-order valence-corrected chi connectivity index (χ4v) is 2.19. The van der Waals surface area contributed by atoms with Crippen LogP contribution in [0.2, 0.25) is 5.02 Å². The lowest BCUT2D eigenvalue weighted by Crippen LogP contribution is -2.04. The van der Waals surface area contributed by atoms with Crippen molar-refractivity contribution >= 4 is 17.3 Å². The number of nitrogen functional groups attached to an aromatic ring is 1. The van der Waals surface area contributed by atoms with Crippen molar-refractivity contribution in [2.45, 2.75) is 12.5 Å². The maximum Gasteiger partial charge on any atom is 0.122 e. The molecule has 3 N–H and O–H groups in total. The number of methoxy groups -OCH3 is 1. The van der Waals surface area contributed by atoms with Crippen LogP contribution in [0.5, 0.6) is 5.75 Å². The Morgan fingerprint density at radius 1 is 1.26 bits per heavy atom. The van der Waals surface area contributed by atoms with Crippen molar-refractivity contribution in [3.8, 4) is 5.75 Å². The maximum atomic E-state index is 10.3. The molecule has 0 heterocycles. The van der Waals surface area contributed by atoms with E-state index in [-0.39, 0.29) is 0 Å². The van der Waals surface area contributed by atoms with Crippen LogP contribution in [0, 0.1) is 0 Å². The number of anilines is 1. The molecule has 100 valence electrons. The van der Waals surface area contributed by atoms with E-state index in [1.54, 1.807) is 37.4 Å². The number of halogens is 1. The molecule has 0 saturated heterocycles. The normalized spacial score (nSPS) is 12.2. The van der Waals surface area contributed by atoms with Gasteiger partial charge in [0.05, 0.1) is 13.2 Å². The van der Waals surface area contributed by atoms with Crippen LogP contribution in [-0.2, 0) is 6.42 Å². The minimum atomic E-state index is -0.643. The second-order valence-corrected chi connectivity index (χ2v) is 4.78.